The summed E-state index contributed by atoms with van der Waals surface area (Å²) in [5.41, 5.74) is 7.05. The summed E-state index contributed by atoms with van der Waals surface area (Å²) in [6, 6.07) is 7.70. The molecular formula is C24H28F2N6O. The number of fused-ring (bicyclic) bond motifs is 2. The number of hydrazone groups is 1. The summed E-state index contributed by atoms with van der Waals surface area (Å²) in [5, 5.41) is 17.4. The van der Waals surface area contributed by atoms with Gasteiger partial charge in [-0.05, 0) is 19.9 Å². The number of aliphatic hydroxyl groups is 1. The molecule has 1 fully saturated rings. The normalized spacial score (nSPS) is 26.5. The second kappa shape index (κ2) is 8.07. The van der Waals surface area contributed by atoms with Crippen molar-refractivity contribution in [1.29, 1.82) is 0 Å². The van der Waals surface area contributed by atoms with Crippen molar-refractivity contribution < 1.29 is 13.9 Å². The maximum atomic E-state index is 14.8. The van der Waals surface area contributed by atoms with Crippen LogP contribution in [-0.2, 0) is 13.1 Å². The van der Waals surface area contributed by atoms with Crippen LogP contribution < -0.4 is 5.73 Å². The van der Waals surface area contributed by atoms with Crippen LogP contribution in [0.2, 0.25) is 0 Å². The number of benzene rings is 1. The van der Waals surface area contributed by atoms with E-state index < -0.39 is 29.2 Å². The number of aromatic nitrogens is 2. The predicted octanol–water partition coefficient (Wildman–Crippen LogP) is 2.72. The topological polar surface area (TPSA) is 82.9 Å². The van der Waals surface area contributed by atoms with Crippen molar-refractivity contribution >= 4 is 6.34 Å². The van der Waals surface area contributed by atoms with Gasteiger partial charge < -0.3 is 15.4 Å². The number of halogens is 2. The minimum atomic E-state index is -1.63. The molecule has 9 heteroatoms. The highest BCUT2D eigenvalue weighted by Gasteiger charge is 2.53. The molecule has 3 heterocycles. The van der Waals surface area contributed by atoms with Gasteiger partial charge in [0.05, 0.1) is 24.7 Å². The van der Waals surface area contributed by atoms with E-state index in [1.54, 1.807) is 0 Å². The van der Waals surface area contributed by atoms with Gasteiger partial charge in [0.1, 0.15) is 29.4 Å². The molecule has 0 bridgehead atoms. The van der Waals surface area contributed by atoms with Gasteiger partial charge in [-0.15, -0.1) is 0 Å². The molecule has 1 aromatic carbocycles. The van der Waals surface area contributed by atoms with Crippen LogP contribution in [0.15, 0.2) is 58.9 Å². The molecule has 3 atom stereocenters. The van der Waals surface area contributed by atoms with Gasteiger partial charge in [0.25, 0.3) is 0 Å². The Labute approximate surface area is 191 Å². The Kier molecular flexibility index (Phi) is 5.33. The molecular weight excluding hydrogens is 426 g/mol. The molecule has 1 aromatic heterocycles. The summed E-state index contributed by atoms with van der Waals surface area (Å²) in [5.74, 6) is -1.28. The number of hydrogen-bond donors (Lipinski definition) is 2. The second-order valence-corrected chi connectivity index (χ2v) is 9.13. The lowest BCUT2D eigenvalue weighted by Gasteiger charge is -2.49. The highest BCUT2D eigenvalue weighted by atomic mass is 19.1. The van der Waals surface area contributed by atoms with E-state index in [1.807, 2.05) is 38.2 Å². The van der Waals surface area contributed by atoms with Gasteiger partial charge in [-0.2, -0.15) is 5.10 Å². The van der Waals surface area contributed by atoms with Gasteiger partial charge in [-0.3, -0.25) is 9.91 Å². The van der Waals surface area contributed by atoms with Crippen LogP contribution in [0.5, 0.6) is 0 Å². The number of β-amino-alcohol motifs (C(OH)–C–C–N with tert-alkyl or cyclic N) is 1. The molecule has 33 heavy (non-hydrogen) atoms. The fraction of sp³-hybridized carbons (Fsp3) is 0.417. The summed E-state index contributed by atoms with van der Waals surface area (Å²) in [6.45, 7) is 5.90. The zero-order chi connectivity index (χ0) is 23.3. The first-order chi connectivity index (χ1) is 15.8. The van der Waals surface area contributed by atoms with Crippen LogP contribution in [0.25, 0.3) is 11.3 Å². The average molecular weight is 455 g/mol. The van der Waals surface area contributed by atoms with Gasteiger partial charge in [-0.25, -0.2) is 13.8 Å². The summed E-state index contributed by atoms with van der Waals surface area (Å²) in [7, 11) is 0. The Bertz CT molecular complexity index is 1170. The molecule has 0 spiro atoms. The highest BCUT2D eigenvalue weighted by molar-refractivity contribution is 5.59. The number of hydrogen-bond acceptors (Lipinski definition) is 5. The first-order valence-electron chi connectivity index (χ1n) is 11.2. The van der Waals surface area contributed by atoms with E-state index in [2.05, 4.69) is 20.6 Å². The fourth-order valence-corrected chi connectivity index (χ4v) is 5.32. The van der Waals surface area contributed by atoms with Gasteiger partial charge in [-0.1, -0.05) is 23.8 Å². The molecule has 0 amide bonds. The van der Waals surface area contributed by atoms with Gasteiger partial charge in [0.2, 0.25) is 0 Å². The smallest absolute Gasteiger partial charge is 0.128 e. The molecule has 0 saturated carbocycles. The van der Waals surface area contributed by atoms with Gasteiger partial charge in [0, 0.05) is 49.1 Å². The molecule has 2 aliphatic heterocycles. The van der Waals surface area contributed by atoms with Crippen LogP contribution in [-0.4, -0.2) is 62.2 Å². The van der Waals surface area contributed by atoms with Crippen molar-refractivity contribution in [1.82, 2.24) is 19.5 Å². The number of nitrogens with two attached hydrogens (primary N) is 1. The minimum absolute atomic E-state index is 0.0295. The zero-order valence-electron chi connectivity index (χ0n) is 18.7. The molecule has 2 aromatic rings. The van der Waals surface area contributed by atoms with Crippen molar-refractivity contribution in [3.05, 3.63) is 65.2 Å². The second-order valence-electron chi connectivity index (χ2n) is 9.13. The Morgan fingerprint density at radius 3 is 2.91 bits per heavy atom. The first kappa shape index (κ1) is 21.8. The van der Waals surface area contributed by atoms with Gasteiger partial charge in [0.15, 0.2) is 0 Å². The lowest BCUT2D eigenvalue weighted by atomic mass is 9.76. The monoisotopic (exact) mass is 454 g/mol. The van der Waals surface area contributed by atoms with Crippen molar-refractivity contribution in [2.24, 2.45) is 16.8 Å². The van der Waals surface area contributed by atoms with E-state index >= 15 is 0 Å². The third-order valence-electron chi connectivity index (χ3n) is 7.10. The molecule has 1 saturated heterocycles. The quantitative estimate of drug-likeness (QED) is 0.548. The van der Waals surface area contributed by atoms with E-state index in [-0.39, 0.29) is 18.7 Å². The van der Waals surface area contributed by atoms with Crippen molar-refractivity contribution in [2.75, 3.05) is 19.6 Å². The van der Waals surface area contributed by atoms with E-state index in [9.17, 15) is 13.9 Å². The van der Waals surface area contributed by atoms with Crippen molar-refractivity contribution in [3.63, 3.8) is 0 Å². The molecule has 1 aliphatic carbocycles. The minimum Gasteiger partial charge on any atom is -0.388 e. The number of imidazole rings is 1. The third-order valence-corrected chi connectivity index (χ3v) is 7.10. The fourth-order valence-electron chi connectivity index (χ4n) is 5.32. The standard InChI is InChI=1S/C24H28F2N6O/c1-15-4-3-5-17(8-15)21-11-31-7-6-30(12-22(31)29-21)16(2)24(33)13-32(28-14-27)10-18-19(25)9-20(26)23(18)24/h3-5,8-9,11,14,16,18,33H,6-7,10,12-13H2,1-2H3,(H2,27,28)/t16-,18?,24-/m1/s1. The third kappa shape index (κ3) is 3.65. The van der Waals surface area contributed by atoms with Gasteiger partial charge >= 0.3 is 0 Å². The molecule has 174 valence electrons. The van der Waals surface area contributed by atoms with Crippen LogP contribution >= 0.6 is 0 Å². The first-order valence-corrected chi connectivity index (χ1v) is 11.2. The summed E-state index contributed by atoms with van der Waals surface area (Å²) in [6.07, 6.45) is 4.04. The zero-order valence-corrected chi connectivity index (χ0v) is 18.7. The molecule has 7 nitrogen and oxygen atoms in total. The largest absolute Gasteiger partial charge is 0.388 e. The highest BCUT2D eigenvalue weighted by Crippen LogP contribution is 2.46. The van der Waals surface area contributed by atoms with Crippen LogP contribution in [0.3, 0.4) is 0 Å². The SMILES string of the molecule is Cc1cccc(-c2cn3c(n2)CN([C@H](C)[C@]2(O)CN(/N=C\N)CC4C(F)=CC(F)=C42)CC3)c1. The molecule has 3 N–H and O–H groups in total. The molecule has 3 aliphatic rings. The van der Waals surface area contributed by atoms with E-state index in [4.69, 9.17) is 10.7 Å². The molecule has 5 rings (SSSR count). The Morgan fingerprint density at radius 2 is 2.15 bits per heavy atom. The number of aryl methyl sites for hydroxylation is 1. The maximum Gasteiger partial charge on any atom is 0.128 e. The van der Waals surface area contributed by atoms with E-state index in [1.165, 1.54) is 10.6 Å². The van der Waals surface area contributed by atoms with Crippen molar-refractivity contribution in [3.8, 4) is 11.3 Å². The Balaban J connectivity index is 1.43. The summed E-state index contributed by atoms with van der Waals surface area (Å²) >= 11 is 0. The number of rotatable bonds is 4. The Hall–Kier alpha value is -3.04. The van der Waals surface area contributed by atoms with Crippen LogP contribution in [0.1, 0.15) is 18.3 Å². The number of piperidine rings is 1. The number of nitrogens with zero attached hydrogens (tertiary/aromatic N) is 5. The lowest BCUT2D eigenvalue weighted by Crippen LogP contribution is -2.62. The number of allylic oxidation sites excluding steroid dienone is 2. The van der Waals surface area contributed by atoms with E-state index in [0.717, 1.165) is 29.5 Å². The summed E-state index contributed by atoms with van der Waals surface area (Å²) < 4.78 is 31.4. The van der Waals surface area contributed by atoms with Crippen LogP contribution in [0.4, 0.5) is 8.78 Å². The average Bonchev–Trinajstić information content (AvgIpc) is 3.34. The van der Waals surface area contributed by atoms with Crippen LogP contribution in [0, 0.1) is 12.8 Å². The summed E-state index contributed by atoms with van der Waals surface area (Å²) in [4.78, 5) is 6.91. The molecule has 1 unspecified atom stereocenters. The van der Waals surface area contributed by atoms with E-state index in [0.29, 0.717) is 19.6 Å². The van der Waals surface area contributed by atoms with Crippen molar-refractivity contribution in [2.45, 2.75) is 38.6 Å². The molecule has 0 radical (unpaired) electrons. The Morgan fingerprint density at radius 1 is 1.33 bits per heavy atom. The lowest BCUT2D eigenvalue weighted by molar-refractivity contribution is -0.0665. The predicted molar refractivity (Wildman–Crippen MR) is 122 cm³/mol. The maximum absolute atomic E-state index is 14.8.